The van der Waals surface area contributed by atoms with E-state index in [1.807, 2.05) is 0 Å². The van der Waals surface area contributed by atoms with E-state index in [4.69, 9.17) is 5.11 Å². The van der Waals surface area contributed by atoms with Crippen LogP contribution in [0.1, 0.15) is 19.4 Å². The number of rotatable bonds is 5. The number of H-pyrrole nitrogens is 1. The highest BCUT2D eigenvalue weighted by molar-refractivity contribution is 7.89. The van der Waals surface area contributed by atoms with Gasteiger partial charge in [-0.25, -0.2) is 8.42 Å². The number of aliphatic hydroxyl groups excluding tert-OH is 1. The molecule has 0 aromatic carbocycles. The van der Waals surface area contributed by atoms with Crippen LogP contribution >= 0.6 is 0 Å². The summed E-state index contributed by atoms with van der Waals surface area (Å²) in [5.74, 6) is 0.576. The van der Waals surface area contributed by atoms with Crippen LogP contribution in [0.25, 0.3) is 0 Å². The van der Waals surface area contributed by atoms with Crippen molar-refractivity contribution >= 4 is 10.0 Å². The Labute approximate surface area is 119 Å². The van der Waals surface area contributed by atoms with Gasteiger partial charge in [-0.1, -0.05) is 13.8 Å². The molecule has 114 valence electrons. The van der Waals surface area contributed by atoms with E-state index >= 15 is 0 Å². The molecule has 7 nitrogen and oxygen atoms in total. The number of aromatic nitrogens is 2. The molecule has 0 amide bonds. The van der Waals surface area contributed by atoms with Crippen LogP contribution < -0.4 is 0 Å². The number of piperazine rings is 1. The van der Waals surface area contributed by atoms with Crippen molar-refractivity contribution in [2.24, 2.45) is 5.92 Å². The second-order valence-electron chi connectivity index (χ2n) is 5.48. The predicted octanol–water partition coefficient (Wildman–Crippen LogP) is -0.136. The first-order valence-electron chi connectivity index (χ1n) is 6.80. The maximum absolute atomic E-state index is 12.5. The van der Waals surface area contributed by atoms with Gasteiger partial charge in [0, 0.05) is 38.3 Å². The molecule has 2 rings (SSSR count). The Morgan fingerprint density at radius 2 is 2.00 bits per heavy atom. The van der Waals surface area contributed by atoms with Gasteiger partial charge in [-0.2, -0.15) is 9.40 Å². The molecule has 0 bridgehead atoms. The van der Waals surface area contributed by atoms with Gasteiger partial charge in [0.1, 0.15) is 0 Å². The fraction of sp³-hybridized carbons (Fsp3) is 0.750. The van der Waals surface area contributed by atoms with Crippen molar-refractivity contribution in [1.82, 2.24) is 19.4 Å². The van der Waals surface area contributed by atoms with Crippen molar-refractivity contribution in [1.29, 1.82) is 0 Å². The number of aromatic amines is 1. The molecule has 0 aliphatic carbocycles. The van der Waals surface area contributed by atoms with Crippen LogP contribution in [0.15, 0.2) is 11.2 Å². The monoisotopic (exact) mass is 302 g/mol. The lowest BCUT2D eigenvalue weighted by atomic mass is 10.2. The van der Waals surface area contributed by atoms with E-state index in [0.717, 1.165) is 19.6 Å². The van der Waals surface area contributed by atoms with Crippen LogP contribution in [-0.2, 0) is 16.6 Å². The zero-order chi connectivity index (χ0) is 14.8. The van der Waals surface area contributed by atoms with Gasteiger partial charge in [-0.3, -0.25) is 5.10 Å². The molecule has 20 heavy (non-hydrogen) atoms. The van der Waals surface area contributed by atoms with Crippen molar-refractivity contribution in [3.8, 4) is 0 Å². The topological polar surface area (TPSA) is 89.5 Å². The van der Waals surface area contributed by atoms with Gasteiger partial charge in [-0.05, 0) is 5.92 Å². The molecule has 1 aliphatic heterocycles. The van der Waals surface area contributed by atoms with E-state index in [-0.39, 0.29) is 11.6 Å². The average Bonchev–Trinajstić information content (AvgIpc) is 2.87. The Morgan fingerprint density at radius 1 is 1.35 bits per heavy atom. The summed E-state index contributed by atoms with van der Waals surface area (Å²) < 4.78 is 26.4. The Balaban J connectivity index is 2.06. The summed E-state index contributed by atoms with van der Waals surface area (Å²) in [6.45, 7) is 7.37. The highest BCUT2D eigenvalue weighted by atomic mass is 32.2. The first-order chi connectivity index (χ1) is 9.45. The summed E-state index contributed by atoms with van der Waals surface area (Å²) in [6.07, 6.45) is 1.35. The third-order valence-electron chi connectivity index (χ3n) is 3.40. The van der Waals surface area contributed by atoms with Crippen LogP contribution in [0.5, 0.6) is 0 Å². The zero-order valence-corrected chi connectivity index (χ0v) is 12.7. The smallest absolute Gasteiger partial charge is 0.260 e. The molecule has 8 heteroatoms. The largest absolute Gasteiger partial charge is 0.392 e. The first-order valence-corrected chi connectivity index (χ1v) is 8.24. The normalized spacial score (nSPS) is 18.8. The molecule has 1 aromatic rings. The van der Waals surface area contributed by atoms with Gasteiger partial charge in [0.2, 0.25) is 0 Å². The minimum atomic E-state index is -3.58. The highest BCUT2D eigenvalue weighted by Crippen LogP contribution is 2.19. The minimum Gasteiger partial charge on any atom is -0.392 e. The van der Waals surface area contributed by atoms with Gasteiger partial charge in [0.05, 0.1) is 12.8 Å². The van der Waals surface area contributed by atoms with Gasteiger partial charge < -0.3 is 10.0 Å². The van der Waals surface area contributed by atoms with Crippen molar-refractivity contribution in [2.45, 2.75) is 25.5 Å². The summed E-state index contributed by atoms with van der Waals surface area (Å²) in [5, 5.41) is 15.4. The number of aliphatic hydroxyl groups is 1. The van der Waals surface area contributed by atoms with E-state index < -0.39 is 10.0 Å². The number of sulfonamides is 1. The zero-order valence-electron chi connectivity index (χ0n) is 11.9. The summed E-state index contributed by atoms with van der Waals surface area (Å²) in [5.41, 5.74) is 0.314. The molecular weight excluding hydrogens is 280 g/mol. The number of nitrogens with one attached hydrogen (secondary N) is 1. The molecule has 1 fully saturated rings. The van der Waals surface area contributed by atoms with Gasteiger partial charge >= 0.3 is 0 Å². The Bertz CT molecular complexity index is 533. The van der Waals surface area contributed by atoms with E-state index in [1.54, 1.807) is 0 Å². The molecule has 2 heterocycles. The van der Waals surface area contributed by atoms with E-state index in [0.29, 0.717) is 24.6 Å². The average molecular weight is 302 g/mol. The van der Waals surface area contributed by atoms with Crippen LogP contribution in [0.4, 0.5) is 0 Å². The van der Waals surface area contributed by atoms with Gasteiger partial charge in [0.25, 0.3) is 10.0 Å². The third-order valence-corrected chi connectivity index (χ3v) is 5.32. The third kappa shape index (κ3) is 3.20. The van der Waals surface area contributed by atoms with Crippen LogP contribution in [0.2, 0.25) is 0 Å². The molecule has 1 aliphatic rings. The molecule has 2 N–H and O–H groups in total. The molecule has 1 saturated heterocycles. The van der Waals surface area contributed by atoms with Crippen LogP contribution in [-0.4, -0.2) is 65.7 Å². The standard InChI is InChI=1S/C12H22N4O3S/c1-10(2)8-15-3-5-16(6-4-15)20(18,19)12-11(9-17)7-13-14-12/h7,10,17H,3-6,8-9H2,1-2H3,(H,13,14). The summed E-state index contributed by atoms with van der Waals surface area (Å²) in [6, 6.07) is 0. The van der Waals surface area contributed by atoms with E-state index in [2.05, 4.69) is 28.9 Å². The maximum atomic E-state index is 12.5. The number of nitrogens with zero attached hydrogens (tertiary/aromatic N) is 3. The SMILES string of the molecule is CC(C)CN1CCN(S(=O)(=O)c2[nH]ncc2CO)CC1. The summed E-state index contributed by atoms with van der Waals surface area (Å²) in [4.78, 5) is 2.27. The second-order valence-corrected chi connectivity index (χ2v) is 7.36. The van der Waals surface area contributed by atoms with Gasteiger partial charge in [-0.15, -0.1) is 0 Å². The Morgan fingerprint density at radius 3 is 2.55 bits per heavy atom. The number of hydrogen-bond donors (Lipinski definition) is 2. The van der Waals surface area contributed by atoms with E-state index in [9.17, 15) is 8.42 Å². The fourth-order valence-electron chi connectivity index (χ4n) is 2.43. The molecule has 0 spiro atoms. The molecule has 0 saturated carbocycles. The number of hydrogen-bond acceptors (Lipinski definition) is 5. The fourth-order valence-corrected chi connectivity index (χ4v) is 3.95. The van der Waals surface area contributed by atoms with Crippen molar-refractivity contribution in [3.05, 3.63) is 11.8 Å². The van der Waals surface area contributed by atoms with Crippen LogP contribution in [0.3, 0.4) is 0 Å². The minimum absolute atomic E-state index is 0.0114. The van der Waals surface area contributed by atoms with Crippen LogP contribution in [0, 0.1) is 5.92 Å². The Hall–Kier alpha value is -0.960. The summed E-state index contributed by atoms with van der Waals surface area (Å²) >= 11 is 0. The second kappa shape index (κ2) is 6.21. The molecule has 0 atom stereocenters. The molecule has 0 unspecified atom stereocenters. The first kappa shape index (κ1) is 15.4. The molecular formula is C12H22N4O3S. The highest BCUT2D eigenvalue weighted by Gasteiger charge is 2.31. The molecule has 0 radical (unpaired) electrons. The lowest BCUT2D eigenvalue weighted by molar-refractivity contribution is 0.172. The quantitative estimate of drug-likeness (QED) is 0.790. The van der Waals surface area contributed by atoms with Crippen molar-refractivity contribution in [2.75, 3.05) is 32.7 Å². The van der Waals surface area contributed by atoms with Crippen molar-refractivity contribution in [3.63, 3.8) is 0 Å². The summed E-state index contributed by atoms with van der Waals surface area (Å²) in [7, 11) is -3.58. The lowest BCUT2D eigenvalue weighted by Gasteiger charge is -2.34. The predicted molar refractivity (Wildman–Crippen MR) is 74.5 cm³/mol. The lowest BCUT2D eigenvalue weighted by Crippen LogP contribution is -2.49. The van der Waals surface area contributed by atoms with E-state index in [1.165, 1.54) is 10.5 Å². The molecule has 1 aromatic heterocycles. The van der Waals surface area contributed by atoms with Crippen molar-refractivity contribution < 1.29 is 13.5 Å². The maximum Gasteiger partial charge on any atom is 0.260 e. The van der Waals surface area contributed by atoms with Gasteiger partial charge in [0.15, 0.2) is 5.03 Å². The Kier molecular flexibility index (Phi) is 4.79.